The first kappa shape index (κ1) is 10.9. The van der Waals surface area contributed by atoms with E-state index in [1.165, 1.54) is 19.3 Å². The Kier molecular flexibility index (Phi) is 3.68. The van der Waals surface area contributed by atoms with Crippen molar-refractivity contribution in [3.63, 3.8) is 0 Å². The zero-order valence-corrected chi connectivity index (χ0v) is 8.48. The highest BCUT2D eigenvalue weighted by Crippen LogP contribution is 2.38. The van der Waals surface area contributed by atoms with Gasteiger partial charge in [-0.3, -0.25) is 4.52 Å². The van der Waals surface area contributed by atoms with E-state index in [0.717, 1.165) is 18.9 Å². The van der Waals surface area contributed by atoms with E-state index >= 15 is 0 Å². The molecule has 76 valence electrons. The van der Waals surface area contributed by atoms with Crippen molar-refractivity contribution in [1.82, 2.24) is 0 Å². The van der Waals surface area contributed by atoms with Crippen molar-refractivity contribution in [2.45, 2.75) is 19.3 Å². The molecule has 0 radical (unpaired) electrons. The quantitative estimate of drug-likeness (QED) is 0.506. The van der Waals surface area contributed by atoms with Gasteiger partial charge in [0, 0.05) is 7.11 Å². The summed E-state index contributed by atoms with van der Waals surface area (Å²) < 4.78 is 13.1. The van der Waals surface area contributed by atoms with Crippen LogP contribution in [0.1, 0.15) is 19.3 Å². The normalized spacial score (nSPS) is 30.1. The number of allylic oxidation sites excluding steroid dienone is 2. The minimum Gasteiger partial charge on any atom is -0.303 e. The van der Waals surface area contributed by atoms with Gasteiger partial charge in [-0.15, -0.1) is 0 Å². The van der Waals surface area contributed by atoms with Crippen LogP contribution in [0.25, 0.3) is 0 Å². The highest BCUT2D eigenvalue weighted by molar-refractivity contribution is 7.46. The monoisotopic (exact) mass is 206 g/mol. The Labute approximate surface area is 77.9 Å². The van der Waals surface area contributed by atoms with Crippen LogP contribution in [0, 0.1) is 11.8 Å². The minimum atomic E-state index is -4.15. The zero-order chi connectivity index (χ0) is 9.90. The molecular formula is C8H15O4P. The Balaban J connectivity index is 0.000000133. The first-order valence-corrected chi connectivity index (χ1v) is 5.84. The molecule has 2 atom stereocenters. The van der Waals surface area contributed by atoms with E-state index in [9.17, 15) is 4.57 Å². The Morgan fingerprint density at radius 2 is 1.69 bits per heavy atom. The van der Waals surface area contributed by atoms with Crippen molar-refractivity contribution in [2.75, 3.05) is 7.11 Å². The molecule has 2 bridgehead atoms. The van der Waals surface area contributed by atoms with Crippen molar-refractivity contribution >= 4 is 7.82 Å². The maximum absolute atomic E-state index is 9.47. The van der Waals surface area contributed by atoms with Crippen LogP contribution in [-0.2, 0) is 9.09 Å². The third-order valence-corrected chi connectivity index (χ3v) is 2.88. The molecule has 4 nitrogen and oxygen atoms in total. The molecule has 1 fully saturated rings. The van der Waals surface area contributed by atoms with E-state index in [0.29, 0.717) is 0 Å². The highest BCUT2D eigenvalue weighted by Gasteiger charge is 2.25. The molecular weight excluding hydrogens is 191 g/mol. The summed E-state index contributed by atoms with van der Waals surface area (Å²) in [5.74, 6) is 1.98. The maximum atomic E-state index is 9.47. The lowest BCUT2D eigenvalue weighted by molar-refractivity contribution is 0.235. The van der Waals surface area contributed by atoms with E-state index in [1.807, 2.05) is 0 Å². The molecule has 2 aliphatic carbocycles. The van der Waals surface area contributed by atoms with Gasteiger partial charge in [0.05, 0.1) is 0 Å². The van der Waals surface area contributed by atoms with Crippen LogP contribution in [0.5, 0.6) is 0 Å². The molecule has 1 saturated carbocycles. The molecule has 5 heteroatoms. The van der Waals surface area contributed by atoms with Gasteiger partial charge in [-0.05, 0) is 31.1 Å². The second-order valence-electron chi connectivity index (χ2n) is 3.39. The molecule has 0 heterocycles. The van der Waals surface area contributed by atoms with Gasteiger partial charge in [-0.25, -0.2) is 4.57 Å². The van der Waals surface area contributed by atoms with Crippen molar-refractivity contribution in [3.8, 4) is 0 Å². The largest absolute Gasteiger partial charge is 0.469 e. The summed E-state index contributed by atoms with van der Waals surface area (Å²) in [7, 11) is -3.20. The van der Waals surface area contributed by atoms with E-state index in [1.54, 1.807) is 0 Å². The molecule has 0 aromatic rings. The second kappa shape index (κ2) is 4.38. The molecule has 0 saturated heterocycles. The third-order valence-electron chi connectivity index (χ3n) is 2.41. The predicted molar refractivity (Wildman–Crippen MR) is 49.0 cm³/mol. The number of hydrogen-bond donors (Lipinski definition) is 2. The van der Waals surface area contributed by atoms with Gasteiger partial charge in [-0.1, -0.05) is 12.2 Å². The van der Waals surface area contributed by atoms with Crippen LogP contribution < -0.4 is 0 Å². The number of rotatable bonds is 1. The van der Waals surface area contributed by atoms with Crippen LogP contribution >= 0.6 is 7.82 Å². The molecule has 2 aliphatic rings. The van der Waals surface area contributed by atoms with Crippen LogP contribution in [0.4, 0.5) is 0 Å². The summed E-state index contributed by atoms with van der Waals surface area (Å²) in [6.07, 6.45) is 9.19. The lowest BCUT2D eigenvalue weighted by atomic mass is 10.1. The lowest BCUT2D eigenvalue weighted by Gasteiger charge is -1.96. The van der Waals surface area contributed by atoms with Crippen molar-refractivity contribution in [1.29, 1.82) is 0 Å². The number of hydrogen-bond acceptors (Lipinski definition) is 2. The van der Waals surface area contributed by atoms with Gasteiger partial charge >= 0.3 is 7.82 Å². The molecule has 0 amide bonds. The summed E-state index contributed by atoms with van der Waals surface area (Å²) in [5, 5.41) is 0. The van der Waals surface area contributed by atoms with Crippen molar-refractivity contribution in [3.05, 3.63) is 12.2 Å². The smallest absolute Gasteiger partial charge is 0.303 e. The van der Waals surface area contributed by atoms with E-state index < -0.39 is 7.82 Å². The summed E-state index contributed by atoms with van der Waals surface area (Å²) in [6, 6.07) is 0. The van der Waals surface area contributed by atoms with Crippen molar-refractivity contribution < 1.29 is 18.9 Å². The number of fused-ring (bicyclic) bond motifs is 2. The second-order valence-corrected chi connectivity index (χ2v) is 4.74. The summed E-state index contributed by atoms with van der Waals surface area (Å²) in [5.41, 5.74) is 0. The standard InChI is InChI=1S/C7H10.CH5O4P/c1-2-7-4-3-6(1)5-7;1-5-6(2,3)4/h1-2,6-7H,3-5H2;1H3,(H2,2,3,4). The fourth-order valence-electron chi connectivity index (χ4n) is 1.72. The average molecular weight is 206 g/mol. The van der Waals surface area contributed by atoms with Crippen LogP contribution in [-0.4, -0.2) is 16.9 Å². The van der Waals surface area contributed by atoms with Crippen molar-refractivity contribution in [2.24, 2.45) is 11.8 Å². The zero-order valence-electron chi connectivity index (χ0n) is 7.59. The highest BCUT2D eigenvalue weighted by atomic mass is 31.2. The molecule has 0 spiro atoms. The predicted octanol–water partition coefficient (Wildman–Crippen LogP) is 1.70. The lowest BCUT2D eigenvalue weighted by Crippen LogP contribution is -1.82. The maximum Gasteiger partial charge on any atom is 0.469 e. The molecule has 2 rings (SSSR count). The Morgan fingerprint density at radius 3 is 1.77 bits per heavy atom. The SMILES string of the molecule is C1=CC2CCC1C2.COP(=O)(O)O. The van der Waals surface area contributed by atoms with E-state index in [2.05, 4.69) is 16.7 Å². The van der Waals surface area contributed by atoms with Gasteiger partial charge in [0.25, 0.3) is 0 Å². The fraction of sp³-hybridized carbons (Fsp3) is 0.750. The van der Waals surface area contributed by atoms with Gasteiger partial charge in [0.1, 0.15) is 0 Å². The van der Waals surface area contributed by atoms with Gasteiger partial charge in [0.2, 0.25) is 0 Å². The third kappa shape index (κ3) is 4.05. The van der Waals surface area contributed by atoms with Gasteiger partial charge in [0.15, 0.2) is 0 Å². The van der Waals surface area contributed by atoms with Gasteiger partial charge < -0.3 is 9.79 Å². The van der Waals surface area contributed by atoms with Gasteiger partial charge in [-0.2, -0.15) is 0 Å². The summed E-state index contributed by atoms with van der Waals surface area (Å²) >= 11 is 0. The Hall–Kier alpha value is -0.150. The molecule has 13 heavy (non-hydrogen) atoms. The van der Waals surface area contributed by atoms with E-state index in [-0.39, 0.29) is 0 Å². The average Bonchev–Trinajstić information content (AvgIpc) is 2.66. The first-order chi connectivity index (χ1) is 6.01. The number of phosphoric ester groups is 1. The van der Waals surface area contributed by atoms with E-state index in [4.69, 9.17) is 9.79 Å². The summed E-state index contributed by atoms with van der Waals surface area (Å²) in [6.45, 7) is 0. The molecule has 2 unspecified atom stereocenters. The first-order valence-electron chi connectivity index (χ1n) is 4.31. The molecule has 0 aromatic carbocycles. The molecule has 0 aliphatic heterocycles. The topological polar surface area (TPSA) is 66.8 Å². The summed E-state index contributed by atoms with van der Waals surface area (Å²) in [4.78, 5) is 15.4. The fourth-order valence-corrected chi connectivity index (χ4v) is 1.72. The minimum absolute atomic E-state index is 0.945. The Bertz CT molecular complexity index is 220. The van der Waals surface area contributed by atoms with Crippen LogP contribution in [0.2, 0.25) is 0 Å². The van der Waals surface area contributed by atoms with Crippen LogP contribution in [0.3, 0.4) is 0 Å². The molecule has 2 N–H and O–H groups in total. The molecule has 0 aromatic heterocycles. The Morgan fingerprint density at radius 1 is 1.31 bits per heavy atom. The van der Waals surface area contributed by atoms with Crippen LogP contribution in [0.15, 0.2) is 12.2 Å². The number of phosphoric acid groups is 1.